The summed E-state index contributed by atoms with van der Waals surface area (Å²) in [5.74, 6) is -2.73. The number of pyridine rings is 1. The molecular weight excluding hydrogens is 400 g/mol. The van der Waals surface area contributed by atoms with Gasteiger partial charge in [0.15, 0.2) is 17.2 Å². The van der Waals surface area contributed by atoms with Crippen LogP contribution in [0.15, 0.2) is 54.6 Å². The van der Waals surface area contributed by atoms with E-state index in [4.69, 9.17) is 5.73 Å². The number of hydrogen-bond acceptors (Lipinski definition) is 6. The van der Waals surface area contributed by atoms with Gasteiger partial charge in [0.05, 0.1) is 22.4 Å². The Morgan fingerprint density at radius 1 is 1.00 bits per heavy atom. The molecule has 0 saturated carbocycles. The van der Waals surface area contributed by atoms with Crippen LogP contribution in [0.25, 0.3) is 22.3 Å². The maximum absolute atomic E-state index is 12.9. The smallest absolute Gasteiger partial charge is 0.274 e. The maximum atomic E-state index is 12.9. The van der Waals surface area contributed by atoms with Crippen molar-refractivity contribution in [2.24, 2.45) is 5.73 Å². The van der Waals surface area contributed by atoms with Gasteiger partial charge in [-0.05, 0) is 30.3 Å². The minimum Gasteiger partial charge on any atom is -0.504 e. The standard InChI is InChI=1S/C22H18N4O5/c1-26(13-8-18(27)20(29)19(28)9-13)22(31)17-10-16-15(25-17)6-5-14(24-16)11-3-2-4-12(7-11)21(23)30/h2-10,25,27-29H,1H3,(H2,23,30). The number of hydrogen-bond donors (Lipinski definition) is 5. The number of H-pyrrole nitrogens is 1. The van der Waals surface area contributed by atoms with Gasteiger partial charge < -0.3 is 30.9 Å². The number of primary amides is 1. The number of aromatic nitrogens is 2. The zero-order chi connectivity index (χ0) is 22.3. The number of aromatic hydroxyl groups is 3. The molecule has 4 aromatic rings. The van der Waals surface area contributed by atoms with E-state index in [0.717, 1.165) is 12.1 Å². The molecule has 2 aromatic heterocycles. The maximum Gasteiger partial charge on any atom is 0.274 e. The highest BCUT2D eigenvalue weighted by atomic mass is 16.3. The van der Waals surface area contributed by atoms with Crippen LogP contribution in [0.5, 0.6) is 17.2 Å². The van der Waals surface area contributed by atoms with Crippen molar-refractivity contribution >= 4 is 28.5 Å². The van der Waals surface area contributed by atoms with E-state index in [1.54, 1.807) is 42.5 Å². The number of phenolic OH excluding ortho intramolecular Hbond substituents is 3. The second kappa shape index (κ2) is 7.38. The number of nitrogens with two attached hydrogens (primary N) is 1. The Kier molecular flexibility index (Phi) is 4.70. The number of amides is 2. The van der Waals surface area contributed by atoms with Crippen LogP contribution >= 0.6 is 0 Å². The van der Waals surface area contributed by atoms with Crippen molar-refractivity contribution in [1.29, 1.82) is 0 Å². The molecule has 0 fully saturated rings. The van der Waals surface area contributed by atoms with E-state index in [2.05, 4.69) is 9.97 Å². The summed E-state index contributed by atoms with van der Waals surface area (Å²) in [6.07, 6.45) is 0. The van der Waals surface area contributed by atoms with Gasteiger partial charge in [-0.15, -0.1) is 0 Å². The van der Waals surface area contributed by atoms with Crippen LogP contribution in [0.3, 0.4) is 0 Å². The van der Waals surface area contributed by atoms with Crippen molar-refractivity contribution in [3.8, 4) is 28.5 Å². The number of benzene rings is 2. The molecule has 2 heterocycles. The monoisotopic (exact) mass is 418 g/mol. The molecule has 2 amide bonds. The van der Waals surface area contributed by atoms with Crippen LogP contribution < -0.4 is 10.6 Å². The average molecular weight is 418 g/mol. The Labute approximate surface area is 176 Å². The minimum atomic E-state index is -0.660. The largest absolute Gasteiger partial charge is 0.504 e. The summed E-state index contributed by atoms with van der Waals surface area (Å²) in [6, 6.07) is 14.2. The first-order valence-electron chi connectivity index (χ1n) is 9.17. The predicted molar refractivity (Wildman–Crippen MR) is 114 cm³/mol. The number of rotatable bonds is 4. The first-order valence-corrected chi connectivity index (χ1v) is 9.17. The summed E-state index contributed by atoms with van der Waals surface area (Å²) >= 11 is 0. The zero-order valence-corrected chi connectivity index (χ0v) is 16.3. The first kappa shape index (κ1) is 19.8. The van der Waals surface area contributed by atoms with Crippen LogP contribution in [-0.4, -0.2) is 44.1 Å². The molecule has 0 aliphatic heterocycles. The molecule has 0 spiro atoms. The Morgan fingerprint density at radius 3 is 2.39 bits per heavy atom. The number of anilines is 1. The lowest BCUT2D eigenvalue weighted by atomic mass is 10.1. The van der Waals surface area contributed by atoms with Gasteiger partial charge in [-0.25, -0.2) is 4.98 Å². The van der Waals surface area contributed by atoms with Crippen LogP contribution in [0.4, 0.5) is 5.69 Å². The van der Waals surface area contributed by atoms with Gasteiger partial charge in [0.2, 0.25) is 5.91 Å². The molecule has 31 heavy (non-hydrogen) atoms. The summed E-state index contributed by atoms with van der Waals surface area (Å²) in [5.41, 5.74) is 8.61. The molecular formula is C22H18N4O5. The van der Waals surface area contributed by atoms with E-state index >= 15 is 0 Å². The fourth-order valence-electron chi connectivity index (χ4n) is 3.20. The molecule has 156 valence electrons. The summed E-state index contributed by atoms with van der Waals surface area (Å²) in [7, 11) is 1.47. The summed E-state index contributed by atoms with van der Waals surface area (Å²) < 4.78 is 0. The van der Waals surface area contributed by atoms with Crippen LogP contribution in [0.1, 0.15) is 20.8 Å². The highest BCUT2D eigenvalue weighted by Crippen LogP contribution is 2.38. The van der Waals surface area contributed by atoms with Crippen molar-refractivity contribution in [3.05, 3.63) is 65.9 Å². The van der Waals surface area contributed by atoms with E-state index in [1.165, 1.54) is 11.9 Å². The molecule has 2 aromatic carbocycles. The molecule has 9 nitrogen and oxygen atoms in total. The lowest BCUT2D eigenvalue weighted by Crippen LogP contribution is -2.26. The zero-order valence-electron chi connectivity index (χ0n) is 16.3. The molecule has 0 bridgehead atoms. The van der Waals surface area contributed by atoms with Gasteiger partial charge in [-0.1, -0.05) is 12.1 Å². The fourth-order valence-corrected chi connectivity index (χ4v) is 3.20. The highest BCUT2D eigenvalue weighted by molar-refractivity contribution is 6.07. The molecule has 0 saturated heterocycles. The number of nitrogens with zero attached hydrogens (tertiary/aromatic N) is 2. The van der Waals surface area contributed by atoms with Crippen LogP contribution in [0.2, 0.25) is 0 Å². The van der Waals surface area contributed by atoms with E-state index in [0.29, 0.717) is 27.9 Å². The lowest BCUT2D eigenvalue weighted by molar-refractivity contribution is 0.0985. The van der Waals surface area contributed by atoms with Crippen molar-refractivity contribution < 1.29 is 24.9 Å². The van der Waals surface area contributed by atoms with Gasteiger partial charge in [0.1, 0.15) is 5.69 Å². The number of carbonyl (C=O) groups is 2. The summed E-state index contributed by atoms with van der Waals surface area (Å²) in [6.45, 7) is 0. The number of nitrogens with one attached hydrogen (secondary N) is 1. The Bertz CT molecular complexity index is 1320. The van der Waals surface area contributed by atoms with E-state index in [-0.39, 0.29) is 11.4 Å². The van der Waals surface area contributed by atoms with E-state index in [1.807, 2.05) is 0 Å². The molecule has 0 aliphatic rings. The van der Waals surface area contributed by atoms with Gasteiger partial charge >= 0.3 is 0 Å². The normalized spacial score (nSPS) is 10.9. The molecule has 6 N–H and O–H groups in total. The number of carbonyl (C=O) groups excluding carboxylic acids is 2. The Hall–Kier alpha value is -4.53. The van der Waals surface area contributed by atoms with Crippen molar-refractivity contribution in [2.45, 2.75) is 0 Å². The fraction of sp³-hybridized carbons (Fsp3) is 0.0455. The molecule has 0 atom stereocenters. The Morgan fingerprint density at radius 2 is 1.71 bits per heavy atom. The lowest BCUT2D eigenvalue weighted by Gasteiger charge is -2.17. The van der Waals surface area contributed by atoms with E-state index < -0.39 is 29.1 Å². The van der Waals surface area contributed by atoms with Crippen molar-refractivity contribution in [1.82, 2.24) is 9.97 Å². The molecule has 9 heteroatoms. The number of fused-ring (bicyclic) bond motifs is 1. The second-order valence-corrected chi connectivity index (χ2v) is 6.95. The number of phenols is 3. The first-order chi connectivity index (χ1) is 14.7. The highest BCUT2D eigenvalue weighted by Gasteiger charge is 2.19. The molecule has 0 radical (unpaired) electrons. The van der Waals surface area contributed by atoms with Gasteiger partial charge in [-0.3, -0.25) is 9.59 Å². The SMILES string of the molecule is CN(C(=O)c1cc2nc(-c3cccc(C(N)=O)c3)ccc2[nH]1)c1cc(O)c(O)c(O)c1. The van der Waals surface area contributed by atoms with Crippen LogP contribution in [-0.2, 0) is 0 Å². The second-order valence-electron chi connectivity index (χ2n) is 6.95. The Balaban J connectivity index is 1.67. The van der Waals surface area contributed by atoms with Gasteiger partial charge in [-0.2, -0.15) is 0 Å². The third-order valence-electron chi connectivity index (χ3n) is 4.89. The summed E-state index contributed by atoms with van der Waals surface area (Å²) in [4.78, 5) is 33.1. The van der Waals surface area contributed by atoms with Gasteiger partial charge in [0.25, 0.3) is 5.91 Å². The third kappa shape index (κ3) is 3.60. The third-order valence-corrected chi connectivity index (χ3v) is 4.89. The average Bonchev–Trinajstić information content (AvgIpc) is 3.19. The summed E-state index contributed by atoms with van der Waals surface area (Å²) in [5, 5.41) is 28.9. The van der Waals surface area contributed by atoms with Crippen molar-refractivity contribution in [2.75, 3.05) is 11.9 Å². The quantitative estimate of drug-likeness (QED) is 0.321. The van der Waals surface area contributed by atoms with Crippen molar-refractivity contribution in [3.63, 3.8) is 0 Å². The van der Waals surface area contributed by atoms with E-state index in [9.17, 15) is 24.9 Å². The van der Waals surface area contributed by atoms with Crippen LogP contribution in [0, 0.1) is 0 Å². The number of aromatic amines is 1. The minimum absolute atomic E-state index is 0.188. The molecule has 0 unspecified atom stereocenters. The molecule has 0 aliphatic carbocycles. The predicted octanol–water partition coefficient (Wildman–Crippen LogP) is 2.72. The van der Waals surface area contributed by atoms with Gasteiger partial charge in [0, 0.05) is 30.3 Å². The molecule has 4 rings (SSSR count). The topological polar surface area (TPSA) is 153 Å².